The van der Waals surface area contributed by atoms with Crippen LogP contribution in [0.15, 0.2) is 28.7 Å². The molecule has 0 radical (unpaired) electrons. The number of aromatic nitrogens is 1. The van der Waals surface area contributed by atoms with Crippen LogP contribution >= 0.6 is 15.9 Å². The van der Waals surface area contributed by atoms with Gasteiger partial charge in [0.2, 0.25) is 0 Å². The third-order valence-corrected chi connectivity index (χ3v) is 2.97. The van der Waals surface area contributed by atoms with Gasteiger partial charge in [-0.2, -0.15) is 0 Å². The van der Waals surface area contributed by atoms with E-state index in [9.17, 15) is 0 Å². The quantitative estimate of drug-likeness (QED) is 0.728. The van der Waals surface area contributed by atoms with E-state index in [2.05, 4.69) is 63.9 Å². The molecule has 1 aromatic carbocycles. The van der Waals surface area contributed by atoms with E-state index >= 15 is 0 Å². The highest BCUT2D eigenvalue weighted by Gasteiger charge is 2.03. The molecule has 0 atom stereocenters. The standard InChI is InChI=1S/C10H10BrN.H3NO2S/c1-7-6-8-9(11)4-3-5-10(8)12(7)2;1-4(2)3/h3-6H,1-2H3;4H,(H2,1,2,3). The predicted molar refractivity (Wildman–Crippen MR) is 69.9 cm³/mol. The summed E-state index contributed by atoms with van der Waals surface area (Å²) in [5.41, 5.74) is 2.57. The number of nitrogens with zero attached hydrogens (tertiary/aromatic N) is 1. The Morgan fingerprint density at radius 1 is 1.38 bits per heavy atom. The van der Waals surface area contributed by atoms with Gasteiger partial charge in [-0.3, -0.25) is 0 Å². The molecule has 2 N–H and O–H groups in total. The van der Waals surface area contributed by atoms with E-state index in [-0.39, 0.29) is 0 Å². The monoisotopic (exact) mass is 304 g/mol. The van der Waals surface area contributed by atoms with Crippen LogP contribution in [-0.2, 0) is 17.9 Å². The summed E-state index contributed by atoms with van der Waals surface area (Å²) in [7, 11) is -0.533. The zero-order chi connectivity index (χ0) is 12.3. The molecule has 0 unspecified atom stereocenters. The number of halogens is 1. The minimum Gasteiger partial charge on any atom is -0.348 e. The van der Waals surface area contributed by atoms with E-state index in [1.807, 2.05) is 0 Å². The molecule has 0 amide bonds. The molecule has 4 nitrogen and oxygen atoms in total. The van der Waals surface area contributed by atoms with E-state index in [0.717, 1.165) is 0 Å². The molecule has 88 valence electrons. The molecule has 0 saturated heterocycles. The number of hydrogen-bond donors (Lipinski definition) is 2. The first-order valence-corrected chi connectivity index (χ1v) is 6.57. The number of benzene rings is 1. The molecule has 0 saturated carbocycles. The Morgan fingerprint density at radius 3 is 2.44 bits per heavy atom. The van der Waals surface area contributed by atoms with Gasteiger partial charge in [-0.05, 0) is 25.1 Å². The van der Waals surface area contributed by atoms with Crippen molar-refractivity contribution in [2.24, 2.45) is 12.2 Å². The second kappa shape index (κ2) is 5.47. The molecule has 1 heterocycles. The van der Waals surface area contributed by atoms with Gasteiger partial charge in [-0.15, -0.1) is 0 Å². The van der Waals surface area contributed by atoms with Gasteiger partial charge in [-0.25, -0.2) is 13.6 Å². The van der Waals surface area contributed by atoms with Crippen LogP contribution in [0.25, 0.3) is 10.9 Å². The Kier molecular flexibility index (Phi) is 4.52. The normalized spacial score (nSPS) is 10.3. The van der Waals surface area contributed by atoms with Crippen molar-refractivity contribution >= 4 is 37.7 Å². The van der Waals surface area contributed by atoms with Gasteiger partial charge < -0.3 is 4.57 Å². The van der Waals surface area contributed by atoms with Crippen LogP contribution in [0.1, 0.15) is 5.69 Å². The van der Waals surface area contributed by atoms with Gasteiger partial charge in [0.15, 0.2) is 10.9 Å². The molecule has 0 aliphatic heterocycles. The van der Waals surface area contributed by atoms with Crippen molar-refractivity contribution in [3.63, 3.8) is 0 Å². The van der Waals surface area contributed by atoms with E-state index in [1.54, 1.807) is 0 Å². The summed E-state index contributed by atoms with van der Waals surface area (Å²) in [6.45, 7) is 2.12. The van der Waals surface area contributed by atoms with Crippen molar-refractivity contribution in [1.29, 1.82) is 0 Å². The third-order valence-electron chi connectivity index (χ3n) is 2.27. The van der Waals surface area contributed by atoms with Crippen molar-refractivity contribution in [2.45, 2.75) is 6.92 Å². The van der Waals surface area contributed by atoms with Gasteiger partial charge in [0.25, 0.3) is 0 Å². The Labute approximate surface area is 104 Å². The van der Waals surface area contributed by atoms with Crippen molar-refractivity contribution in [1.82, 2.24) is 4.57 Å². The van der Waals surface area contributed by atoms with Crippen molar-refractivity contribution in [3.05, 3.63) is 34.4 Å². The molecular formula is C10H13BrN2O2S. The average Bonchev–Trinajstić information content (AvgIpc) is 2.45. The van der Waals surface area contributed by atoms with Crippen LogP contribution in [0, 0.1) is 6.92 Å². The van der Waals surface area contributed by atoms with Crippen molar-refractivity contribution in [2.75, 3.05) is 0 Å². The highest BCUT2D eigenvalue weighted by atomic mass is 79.9. The molecule has 2 aromatic rings. The van der Waals surface area contributed by atoms with Crippen LogP contribution in [-0.4, -0.2) is 13.0 Å². The highest BCUT2D eigenvalue weighted by Crippen LogP contribution is 2.25. The third kappa shape index (κ3) is 3.07. The smallest absolute Gasteiger partial charge is 0.198 e. The topological polar surface area (TPSA) is 65.1 Å². The molecule has 6 heteroatoms. The Hall–Kier alpha value is -0.850. The number of rotatable bonds is 0. The molecule has 0 aliphatic rings. The second-order valence-corrected chi connectivity index (χ2v) is 4.73. The summed E-state index contributed by atoms with van der Waals surface area (Å²) >= 11 is 3.53. The van der Waals surface area contributed by atoms with Gasteiger partial charge in [0.05, 0.1) is 0 Å². The maximum Gasteiger partial charge on any atom is 0.198 e. The lowest BCUT2D eigenvalue weighted by molar-refractivity contribution is 0.616. The van der Waals surface area contributed by atoms with Crippen molar-refractivity contribution < 1.29 is 8.42 Å². The number of aryl methyl sites for hydroxylation is 2. The molecule has 16 heavy (non-hydrogen) atoms. The van der Waals surface area contributed by atoms with Gasteiger partial charge in [-0.1, -0.05) is 22.0 Å². The molecule has 2 rings (SSSR count). The Balaban J connectivity index is 0.000000280. The van der Waals surface area contributed by atoms with Crippen LogP contribution in [0.4, 0.5) is 0 Å². The van der Waals surface area contributed by atoms with Crippen molar-refractivity contribution in [3.8, 4) is 0 Å². The Morgan fingerprint density at radius 2 is 1.94 bits per heavy atom. The molecule has 0 spiro atoms. The van der Waals surface area contributed by atoms with Crippen LogP contribution < -0.4 is 5.14 Å². The molecule has 0 bridgehead atoms. The molecular weight excluding hydrogens is 292 g/mol. The highest BCUT2D eigenvalue weighted by molar-refractivity contribution is 9.10. The predicted octanol–water partition coefficient (Wildman–Crippen LogP) is 1.72. The van der Waals surface area contributed by atoms with Crippen LogP contribution in [0.2, 0.25) is 0 Å². The molecule has 0 fully saturated rings. The molecule has 1 aromatic heterocycles. The Bertz CT molecular complexity index is 567. The zero-order valence-corrected chi connectivity index (χ0v) is 11.5. The lowest BCUT2D eigenvalue weighted by atomic mass is 10.2. The number of thiol groups is 1. The van der Waals surface area contributed by atoms with E-state index in [4.69, 9.17) is 8.42 Å². The summed E-state index contributed by atoms with van der Waals surface area (Å²) in [5, 5.41) is 5.35. The van der Waals surface area contributed by atoms with Crippen LogP contribution in [0.5, 0.6) is 0 Å². The average molecular weight is 305 g/mol. The van der Waals surface area contributed by atoms with Gasteiger partial charge >= 0.3 is 0 Å². The lowest BCUT2D eigenvalue weighted by Crippen LogP contribution is -1.88. The van der Waals surface area contributed by atoms with Crippen LogP contribution in [0.3, 0.4) is 0 Å². The minimum absolute atomic E-state index is 1.17. The van der Waals surface area contributed by atoms with E-state index < -0.39 is 10.9 Å². The van der Waals surface area contributed by atoms with E-state index in [0.29, 0.717) is 0 Å². The lowest BCUT2D eigenvalue weighted by Gasteiger charge is -1.98. The fourth-order valence-electron chi connectivity index (χ4n) is 1.46. The fourth-order valence-corrected chi connectivity index (χ4v) is 1.93. The molecule has 0 aliphatic carbocycles. The number of hydrogen-bond acceptors (Lipinski definition) is 2. The summed E-state index contributed by atoms with van der Waals surface area (Å²) in [6.07, 6.45) is 0. The fraction of sp³-hybridized carbons (Fsp3) is 0.200. The maximum atomic E-state index is 8.81. The first-order chi connectivity index (χ1) is 7.43. The number of nitrogens with two attached hydrogens (primary N) is 1. The zero-order valence-electron chi connectivity index (χ0n) is 8.98. The largest absolute Gasteiger partial charge is 0.348 e. The van der Waals surface area contributed by atoms with E-state index in [1.165, 1.54) is 21.1 Å². The SMILES string of the molecule is Cc1cc2c(Br)cccc2n1C.N[SH](=O)=O. The number of fused-ring (bicyclic) bond motifs is 1. The van der Waals surface area contributed by atoms with Gasteiger partial charge in [0.1, 0.15) is 0 Å². The minimum atomic E-state index is -2.62. The summed E-state index contributed by atoms with van der Waals surface area (Å²) < 4.78 is 21.0. The summed E-state index contributed by atoms with van der Waals surface area (Å²) in [6, 6.07) is 8.46. The second-order valence-electron chi connectivity index (χ2n) is 3.30. The first kappa shape index (κ1) is 13.2. The van der Waals surface area contributed by atoms with Gasteiger partial charge in [0, 0.05) is 28.1 Å². The summed E-state index contributed by atoms with van der Waals surface area (Å²) in [4.78, 5) is 0. The first-order valence-electron chi connectivity index (χ1n) is 4.53. The summed E-state index contributed by atoms with van der Waals surface area (Å²) in [5.74, 6) is 0. The maximum absolute atomic E-state index is 8.81.